The van der Waals surface area contributed by atoms with Crippen LogP contribution in [0.15, 0.2) is 0 Å². The van der Waals surface area contributed by atoms with Crippen molar-refractivity contribution in [2.75, 3.05) is 19.6 Å². The van der Waals surface area contributed by atoms with E-state index in [1.165, 1.54) is 45.3 Å². The Morgan fingerprint density at radius 3 is 2.83 bits per heavy atom. The number of hydrogen-bond acceptors (Lipinski definition) is 2. The van der Waals surface area contributed by atoms with Crippen molar-refractivity contribution in [1.29, 1.82) is 0 Å². The monoisotopic (exact) mass is 168 g/mol. The maximum Gasteiger partial charge on any atom is 0.00684 e. The lowest BCUT2D eigenvalue weighted by Gasteiger charge is -2.26. The van der Waals surface area contributed by atoms with Crippen molar-refractivity contribution in [3.05, 3.63) is 0 Å². The van der Waals surface area contributed by atoms with Crippen LogP contribution in [-0.2, 0) is 0 Å². The molecule has 12 heavy (non-hydrogen) atoms. The summed E-state index contributed by atoms with van der Waals surface area (Å²) in [6.07, 6.45) is 5.50. The van der Waals surface area contributed by atoms with Crippen molar-refractivity contribution in [1.82, 2.24) is 10.6 Å². The average molecular weight is 168 g/mol. The van der Waals surface area contributed by atoms with Gasteiger partial charge in [0.15, 0.2) is 0 Å². The van der Waals surface area contributed by atoms with Gasteiger partial charge < -0.3 is 10.6 Å². The molecule has 0 bridgehead atoms. The molecule has 0 aromatic rings. The summed E-state index contributed by atoms with van der Waals surface area (Å²) in [5.74, 6) is 0. The molecule has 0 aromatic carbocycles. The van der Waals surface area contributed by atoms with Gasteiger partial charge in [-0.25, -0.2) is 0 Å². The molecular formula is C10H20N2. The van der Waals surface area contributed by atoms with Crippen LogP contribution in [0.3, 0.4) is 0 Å². The Labute approximate surface area is 75.1 Å². The van der Waals surface area contributed by atoms with Crippen LogP contribution in [0.2, 0.25) is 0 Å². The van der Waals surface area contributed by atoms with Crippen molar-refractivity contribution < 1.29 is 0 Å². The van der Waals surface area contributed by atoms with E-state index in [2.05, 4.69) is 17.6 Å². The molecule has 0 spiro atoms. The first-order valence-corrected chi connectivity index (χ1v) is 5.29. The molecule has 0 amide bonds. The summed E-state index contributed by atoms with van der Waals surface area (Å²) in [5, 5.41) is 7.12. The predicted molar refractivity (Wildman–Crippen MR) is 51.2 cm³/mol. The van der Waals surface area contributed by atoms with E-state index in [-0.39, 0.29) is 0 Å². The highest BCUT2D eigenvalue weighted by Crippen LogP contribution is 2.30. The first-order valence-electron chi connectivity index (χ1n) is 5.29. The highest BCUT2D eigenvalue weighted by molar-refractivity contribution is 4.91. The van der Waals surface area contributed by atoms with Crippen LogP contribution in [0.5, 0.6) is 0 Å². The second-order valence-electron chi connectivity index (χ2n) is 4.44. The Morgan fingerprint density at radius 2 is 2.33 bits per heavy atom. The highest BCUT2D eigenvalue weighted by atomic mass is 15.0. The van der Waals surface area contributed by atoms with Gasteiger partial charge in [-0.2, -0.15) is 0 Å². The second kappa shape index (κ2) is 3.35. The van der Waals surface area contributed by atoms with Crippen LogP contribution in [-0.4, -0.2) is 25.7 Å². The van der Waals surface area contributed by atoms with Crippen LogP contribution >= 0.6 is 0 Å². The summed E-state index contributed by atoms with van der Waals surface area (Å²) in [6.45, 7) is 6.01. The predicted octanol–water partition coefficient (Wildman–Crippen LogP) is 1.13. The molecule has 0 aromatic heterocycles. The van der Waals surface area contributed by atoms with E-state index in [4.69, 9.17) is 0 Å². The first kappa shape index (κ1) is 8.52. The molecule has 0 radical (unpaired) electrons. The van der Waals surface area contributed by atoms with E-state index in [0.29, 0.717) is 5.41 Å². The lowest BCUT2D eigenvalue weighted by Crippen LogP contribution is -2.36. The van der Waals surface area contributed by atoms with Gasteiger partial charge in [0, 0.05) is 19.1 Å². The molecule has 1 heterocycles. The molecule has 1 aliphatic carbocycles. The Kier molecular flexibility index (Phi) is 2.37. The third kappa shape index (κ3) is 1.80. The van der Waals surface area contributed by atoms with Gasteiger partial charge >= 0.3 is 0 Å². The average Bonchev–Trinajstić information content (AvgIpc) is 2.82. The summed E-state index contributed by atoms with van der Waals surface area (Å²) in [6, 6.07) is 0.869. The summed E-state index contributed by atoms with van der Waals surface area (Å²) in [5.41, 5.74) is 0.586. The fourth-order valence-corrected chi connectivity index (χ4v) is 2.02. The molecule has 2 aliphatic rings. The molecule has 2 heteroatoms. The van der Waals surface area contributed by atoms with Gasteiger partial charge in [-0.15, -0.1) is 0 Å². The molecule has 2 nitrogen and oxygen atoms in total. The molecule has 2 N–H and O–H groups in total. The molecule has 2 fully saturated rings. The Hall–Kier alpha value is -0.0800. The SMILES string of the molecule is CCC1(CNC2CC2)CCNC1. The van der Waals surface area contributed by atoms with E-state index < -0.39 is 0 Å². The van der Waals surface area contributed by atoms with Crippen LogP contribution in [0.1, 0.15) is 32.6 Å². The van der Waals surface area contributed by atoms with Crippen molar-refractivity contribution in [2.24, 2.45) is 5.41 Å². The van der Waals surface area contributed by atoms with Crippen molar-refractivity contribution >= 4 is 0 Å². The fraction of sp³-hybridized carbons (Fsp3) is 1.00. The molecule has 1 unspecified atom stereocenters. The zero-order chi connectivity index (χ0) is 8.44. The zero-order valence-corrected chi connectivity index (χ0v) is 8.03. The standard InChI is InChI=1S/C10H20N2/c1-2-10(5-6-11-7-10)8-12-9-3-4-9/h9,11-12H,2-8H2,1H3. The topological polar surface area (TPSA) is 24.1 Å². The molecule has 70 valence electrons. The van der Waals surface area contributed by atoms with Gasteiger partial charge in [0.05, 0.1) is 0 Å². The van der Waals surface area contributed by atoms with Crippen molar-refractivity contribution in [3.63, 3.8) is 0 Å². The van der Waals surface area contributed by atoms with Gasteiger partial charge in [-0.1, -0.05) is 6.92 Å². The van der Waals surface area contributed by atoms with Gasteiger partial charge in [-0.3, -0.25) is 0 Å². The van der Waals surface area contributed by atoms with E-state index in [1.807, 2.05) is 0 Å². The smallest absolute Gasteiger partial charge is 0.00684 e. The van der Waals surface area contributed by atoms with Crippen LogP contribution < -0.4 is 10.6 Å². The van der Waals surface area contributed by atoms with Gasteiger partial charge in [0.1, 0.15) is 0 Å². The Bertz CT molecular complexity index is 146. The van der Waals surface area contributed by atoms with Crippen LogP contribution in [0.25, 0.3) is 0 Å². The Morgan fingerprint density at radius 1 is 1.50 bits per heavy atom. The fourth-order valence-electron chi connectivity index (χ4n) is 2.02. The summed E-state index contributed by atoms with van der Waals surface area (Å²) >= 11 is 0. The third-order valence-electron chi connectivity index (χ3n) is 3.43. The summed E-state index contributed by atoms with van der Waals surface area (Å²) in [7, 11) is 0. The normalized spacial score (nSPS) is 35.8. The maximum absolute atomic E-state index is 3.65. The summed E-state index contributed by atoms with van der Waals surface area (Å²) in [4.78, 5) is 0. The van der Waals surface area contributed by atoms with E-state index in [1.54, 1.807) is 0 Å². The van der Waals surface area contributed by atoms with Gasteiger partial charge in [0.25, 0.3) is 0 Å². The Balaban J connectivity index is 1.79. The summed E-state index contributed by atoms with van der Waals surface area (Å²) < 4.78 is 0. The van der Waals surface area contributed by atoms with Gasteiger partial charge in [-0.05, 0) is 37.6 Å². The minimum Gasteiger partial charge on any atom is -0.316 e. The minimum atomic E-state index is 0.586. The lowest BCUT2D eigenvalue weighted by atomic mass is 9.84. The largest absolute Gasteiger partial charge is 0.316 e. The van der Waals surface area contributed by atoms with Crippen LogP contribution in [0, 0.1) is 5.41 Å². The highest BCUT2D eigenvalue weighted by Gasteiger charge is 2.33. The molecular weight excluding hydrogens is 148 g/mol. The molecule has 1 saturated heterocycles. The second-order valence-corrected chi connectivity index (χ2v) is 4.44. The number of hydrogen-bond donors (Lipinski definition) is 2. The van der Waals surface area contributed by atoms with E-state index in [9.17, 15) is 0 Å². The minimum absolute atomic E-state index is 0.586. The van der Waals surface area contributed by atoms with Crippen molar-refractivity contribution in [3.8, 4) is 0 Å². The third-order valence-corrected chi connectivity index (χ3v) is 3.43. The number of nitrogens with one attached hydrogen (secondary N) is 2. The molecule has 1 atom stereocenters. The van der Waals surface area contributed by atoms with Crippen molar-refractivity contribution in [2.45, 2.75) is 38.6 Å². The molecule has 1 saturated carbocycles. The van der Waals surface area contributed by atoms with Gasteiger partial charge in [0.2, 0.25) is 0 Å². The lowest BCUT2D eigenvalue weighted by molar-refractivity contribution is 0.291. The molecule has 2 rings (SSSR count). The van der Waals surface area contributed by atoms with Crippen LogP contribution in [0.4, 0.5) is 0 Å². The quantitative estimate of drug-likeness (QED) is 0.657. The van der Waals surface area contributed by atoms with E-state index in [0.717, 1.165) is 6.04 Å². The van der Waals surface area contributed by atoms with E-state index >= 15 is 0 Å². The number of rotatable bonds is 4. The zero-order valence-electron chi connectivity index (χ0n) is 8.03. The molecule has 1 aliphatic heterocycles. The first-order chi connectivity index (χ1) is 5.85. The maximum atomic E-state index is 3.65.